The molecule has 9 heteroatoms. The molecule has 0 aliphatic carbocycles. The summed E-state index contributed by atoms with van der Waals surface area (Å²) in [5, 5.41) is 2.86. The van der Waals surface area contributed by atoms with E-state index in [1.54, 1.807) is 19.5 Å². The molecule has 0 spiro atoms. The van der Waals surface area contributed by atoms with Gasteiger partial charge in [-0.3, -0.25) is 9.78 Å². The fourth-order valence-corrected chi connectivity index (χ4v) is 2.37. The van der Waals surface area contributed by atoms with Crippen LogP contribution in [0, 0.1) is 0 Å². The average molecular weight is 432 g/mol. The first kappa shape index (κ1) is 25.9. The Kier molecular flexibility index (Phi) is 12.2. The van der Waals surface area contributed by atoms with Gasteiger partial charge in [0.1, 0.15) is 12.6 Å². The number of nitrogens with two attached hydrogens (primary N) is 1. The maximum Gasteiger partial charge on any atom is 0.239 e. The zero-order valence-corrected chi connectivity index (χ0v) is 17.7. The number of benzene rings is 1. The Hall–Kier alpha value is -2.06. The number of halogens is 2. The number of pyridine rings is 1. The van der Waals surface area contributed by atoms with E-state index in [9.17, 15) is 4.79 Å². The molecule has 0 radical (unpaired) electrons. The lowest BCUT2D eigenvalue weighted by atomic mass is 10.1. The highest BCUT2D eigenvalue weighted by Crippen LogP contribution is 2.31. The topological polar surface area (TPSA) is 95.7 Å². The third kappa shape index (κ3) is 7.52. The summed E-state index contributed by atoms with van der Waals surface area (Å²) in [4.78, 5) is 16.0. The Balaban J connectivity index is 0.00000364. The first-order valence-corrected chi connectivity index (χ1v) is 8.29. The molecule has 0 aliphatic heterocycles. The Morgan fingerprint density at radius 2 is 1.82 bits per heavy atom. The normalized spacial score (nSPS) is 12.0. The predicted octanol–water partition coefficient (Wildman–Crippen LogP) is 2.66. The fraction of sp³-hybridized carbons (Fsp3) is 0.368. The second kappa shape index (κ2) is 13.2. The third-order valence-corrected chi connectivity index (χ3v) is 3.87. The molecule has 2 atom stereocenters. The number of nitrogens with one attached hydrogen (secondary N) is 1. The molecular weight excluding hydrogens is 405 g/mol. The molecular formula is C19H27Cl2N3O4. The van der Waals surface area contributed by atoms with Gasteiger partial charge in [0.15, 0.2) is 11.5 Å². The number of aromatic nitrogens is 1. The van der Waals surface area contributed by atoms with E-state index >= 15 is 0 Å². The summed E-state index contributed by atoms with van der Waals surface area (Å²) < 4.78 is 16.1. The maximum absolute atomic E-state index is 12.0. The van der Waals surface area contributed by atoms with E-state index in [1.807, 2.05) is 37.3 Å². The smallest absolute Gasteiger partial charge is 0.239 e. The SMILES string of the molecule is COCC(N)C(=O)NC(C)c1ccc(OCc2ccncc2)c(OC)c1.Cl.Cl. The number of hydrogen-bond donors (Lipinski definition) is 2. The van der Waals surface area contributed by atoms with Crippen molar-refractivity contribution >= 4 is 30.7 Å². The lowest BCUT2D eigenvalue weighted by Crippen LogP contribution is -2.44. The first-order valence-electron chi connectivity index (χ1n) is 8.29. The summed E-state index contributed by atoms with van der Waals surface area (Å²) in [6, 6.07) is 8.41. The number of carbonyl (C=O) groups excluding carboxylic acids is 1. The van der Waals surface area contributed by atoms with Gasteiger partial charge >= 0.3 is 0 Å². The van der Waals surface area contributed by atoms with E-state index in [1.165, 1.54) is 7.11 Å². The Bertz CT molecular complexity index is 720. The molecule has 2 aromatic rings. The number of amides is 1. The van der Waals surface area contributed by atoms with E-state index in [0.29, 0.717) is 18.1 Å². The van der Waals surface area contributed by atoms with Crippen molar-refractivity contribution in [1.29, 1.82) is 0 Å². The molecule has 1 aromatic heterocycles. The van der Waals surface area contributed by atoms with Crippen LogP contribution in [0.1, 0.15) is 24.1 Å². The van der Waals surface area contributed by atoms with Crippen molar-refractivity contribution in [3.8, 4) is 11.5 Å². The summed E-state index contributed by atoms with van der Waals surface area (Å²) in [5.74, 6) is 0.956. The minimum absolute atomic E-state index is 0. The fourth-order valence-electron chi connectivity index (χ4n) is 2.37. The van der Waals surface area contributed by atoms with Gasteiger partial charge in [-0.15, -0.1) is 24.8 Å². The van der Waals surface area contributed by atoms with Crippen molar-refractivity contribution in [3.05, 3.63) is 53.9 Å². The van der Waals surface area contributed by atoms with Gasteiger partial charge in [-0.05, 0) is 42.3 Å². The monoisotopic (exact) mass is 431 g/mol. The van der Waals surface area contributed by atoms with Crippen LogP contribution in [0.3, 0.4) is 0 Å². The molecule has 1 amide bonds. The van der Waals surface area contributed by atoms with Crippen LogP contribution in [0.25, 0.3) is 0 Å². The second-order valence-corrected chi connectivity index (χ2v) is 5.85. The molecule has 2 rings (SSSR count). The second-order valence-electron chi connectivity index (χ2n) is 5.85. The molecule has 0 saturated heterocycles. The molecule has 2 unspecified atom stereocenters. The van der Waals surface area contributed by atoms with Gasteiger partial charge in [-0.2, -0.15) is 0 Å². The number of carbonyl (C=O) groups is 1. The number of ether oxygens (including phenoxy) is 3. The quantitative estimate of drug-likeness (QED) is 0.633. The van der Waals surface area contributed by atoms with Crippen LogP contribution in [0.2, 0.25) is 0 Å². The molecule has 156 valence electrons. The van der Waals surface area contributed by atoms with Crippen LogP contribution < -0.4 is 20.5 Å². The van der Waals surface area contributed by atoms with Gasteiger partial charge in [0.2, 0.25) is 5.91 Å². The van der Waals surface area contributed by atoms with Crippen molar-refractivity contribution in [2.75, 3.05) is 20.8 Å². The summed E-state index contributed by atoms with van der Waals surface area (Å²) in [7, 11) is 3.09. The summed E-state index contributed by atoms with van der Waals surface area (Å²) >= 11 is 0. The molecule has 0 bridgehead atoms. The van der Waals surface area contributed by atoms with Gasteiger partial charge in [-0.1, -0.05) is 6.07 Å². The molecule has 7 nitrogen and oxygen atoms in total. The number of nitrogens with zero attached hydrogens (tertiary/aromatic N) is 1. The van der Waals surface area contributed by atoms with Crippen molar-refractivity contribution < 1.29 is 19.0 Å². The summed E-state index contributed by atoms with van der Waals surface area (Å²) in [5.41, 5.74) is 7.64. The van der Waals surface area contributed by atoms with Gasteiger partial charge in [0.25, 0.3) is 0 Å². The van der Waals surface area contributed by atoms with Gasteiger partial charge in [-0.25, -0.2) is 0 Å². The Labute approximate surface area is 177 Å². The van der Waals surface area contributed by atoms with Crippen molar-refractivity contribution in [3.63, 3.8) is 0 Å². The van der Waals surface area contributed by atoms with Crippen LogP contribution in [0.5, 0.6) is 11.5 Å². The van der Waals surface area contributed by atoms with Crippen molar-refractivity contribution in [2.45, 2.75) is 25.6 Å². The summed E-state index contributed by atoms with van der Waals surface area (Å²) in [6.07, 6.45) is 3.44. The molecule has 0 aliphatic rings. The van der Waals surface area contributed by atoms with Crippen LogP contribution in [-0.2, 0) is 16.1 Å². The van der Waals surface area contributed by atoms with Gasteiger partial charge in [0, 0.05) is 19.5 Å². The van der Waals surface area contributed by atoms with E-state index in [0.717, 1.165) is 11.1 Å². The molecule has 3 N–H and O–H groups in total. The van der Waals surface area contributed by atoms with Crippen LogP contribution in [-0.4, -0.2) is 37.8 Å². The lowest BCUT2D eigenvalue weighted by molar-refractivity contribution is -0.124. The molecule has 28 heavy (non-hydrogen) atoms. The van der Waals surface area contributed by atoms with E-state index < -0.39 is 6.04 Å². The minimum Gasteiger partial charge on any atom is -0.493 e. The molecule has 0 saturated carbocycles. The van der Waals surface area contributed by atoms with Crippen LogP contribution in [0.4, 0.5) is 0 Å². The molecule has 1 heterocycles. The number of methoxy groups -OCH3 is 2. The van der Waals surface area contributed by atoms with E-state index in [2.05, 4.69) is 10.3 Å². The highest BCUT2D eigenvalue weighted by molar-refractivity contribution is 5.85. The van der Waals surface area contributed by atoms with Gasteiger partial charge < -0.3 is 25.3 Å². The van der Waals surface area contributed by atoms with Crippen LogP contribution in [0.15, 0.2) is 42.7 Å². The van der Waals surface area contributed by atoms with E-state index in [-0.39, 0.29) is 43.4 Å². The minimum atomic E-state index is -0.702. The van der Waals surface area contributed by atoms with Gasteiger partial charge in [0.05, 0.1) is 19.8 Å². The zero-order valence-electron chi connectivity index (χ0n) is 16.1. The number of rotatable bonds is 9. The first-order chi connectivity index (χ1) is 12.5. The highest BCUT2D eigenvalue weighted by Gasteiger charge is 2.17. The van der Waals surface area contributed by atoms with Crippen molar-refractivity contribution in [1.82, 2.24) is 10.3 Å². The van der Waals surface area contributed by atoms with Crippen LogP contribution >= 0.6 is 24.8 Å². The highest BCUT2D eigenvalue weighted by atomic mass is 35.5. The standard InChI is InChI=1S/C19H25N3O4.2ClH/c1-13(22-19(23)16(20)12-24-2)15-4-5-17(18(10-15)25-3)26-11-14-6-8-21-9-7-14;;/h4-10,13,16H,11-12,20H2,1-3H3,(H,22,23);2*1H. The molecule has 1 aromatic carbocycles. The van der Waals surface area contributed by atoms with Crippen molar-refractivity contribution in [2.24, 2.45) is 5.73 Å². The summed E-state index contributed by atoms with van der Waals surface area (Å²) in [6.45, 7) is 2.46. The largest absolute Gasteiger partial charge is 0.493 e. The zero-order chi connectivity index (χ0) is 18.9. The third-order valence-electron chi connectivity index (χ3n) is 3.87. The molecule has 0 fully saturated rings. The number of hydrogen-bond acceptors (Lipinski definition) is 6. The van der Waals surface area contributed by atoms with E-state index in [4.69, 9.17) is 19.9 Å². The Morgan fingerprint density at radius 3 is 2.43 bits per heavy atom. The lowest BCUT2D eigenvalue weighted by Gasteiger charge is -2.19. The average Bonchev–Trinajstić information content (AvgIpc) is 2.67. The Morgan fingerprint density at radius 1 is 1.14 bits per heavy atom. The predicted molar refractivity (Wildman–Crippen MR) is 112 cm³/mol. The maximum atomic E-state index is 12.0.